The molecule has 1 heterocycles. The molecule has 4 heteroatoms. The molecule has 2 saturated carbocycles. The summed E-state index contributed by atoms with van der Waals surface area (Å²) in [6.07, 6.45) is 5.40. The van der Waals surface area contributed by atoms with Gasteiger partial charge in [0.15, 0.2) is 0 Å². The van der Waals surface area contributed by atoms with Crippen LogP contribution in [0.2, 0.25) is 0 Å². The van der Waals surface area contributed by atoms with E-state index in [0.717, 1.165) is 32.2 Å². The molecule has 106 valence electrons. The first-order chi connectivity index (χ1) is 8.93. The Labute approximate surface area is 114 Å². The van der Waals surface area contributed by atoms with Crippen molar-refractivity contribution in [3.05, 3.63) is 0 Å². The highest BCUT2D eigenvalue weighted by Crippen LogP contribution is 2.52. The van der Waals surface area contributed by atoms with E-state index in [2.05, 4.69) is 19.2 Å². The van der Waals surface area contributed by atoms with Gasteiger partial charge >= 0.3 is 0 Å². The van der Waals surface area contributed by atoms with E-state index in [0.29, 0.717) is 24.3 Å². The van der Waals surface area contributed by atoms with Crippen molar-refractivity contribution in [3.63, 3.8) is 0 Å². The summed E-state index contributed by atoms with van der Waals surface area (Å²) in [6.45, 7) is 5.95. The fourth-order valence-corrected chi connectivity index (χ4v) is 3.67. The maximum absolute atomic E-state index is 12.8. The minimum Gasteiger partial charge on any atom is -0.342 e. The van der Waals surface area contributed by atoms with E-state index < -0.39 is 5.54 Å². The second kappa shape index (κ2) is 4.22. The lowest BCUT2D eigenvalue weighted by Crippen LogP contribution is -2.55. The zero-order valence-corrected chi connectivity index (χ0v) is 12.0. The van der Waals surface area contributed by atoms with Crippen molar-refractivity contribution in [2.45, 2.75) is 57.9 Å². The summed E-state index contributed by atoms with van der Waals surface area (Å²) in [5.74, 6) is 0.842. The van der Waals surface area contributed by atoms with Crippen LogP contribution in [0.3, 0.4) is 0 Å². The van der Waals surface area contributed by atoms with E-state index in [1.807, 2.05) is 4.90 Å². The van der Waals surface area contributed by atoms with Crippen LogP contribution < -0.4 is 5.32 Å². The van der Waals surface area contributed by atoms with Crippen molar-refractivity contribution in [1.82, 2.24) is 10.2 Å². The topological polar surface area (TPSA) is 49.4 Å². The van der Waals surface area contributed by atoms with Crippen LogP contribution in [-0.4, -0.2) is 35.3 Å². The number of hydrogen-bond donors (Lipinski definition) is 1. The Balaban J connectivity index is 1.76. The number of amides is 2. The van der Waals surface area contributed by atoms with Gasteiger partial charge in [-0.1, -0.05) is 26.7 Å². The third kappa shape index (κ3) is 2.26. The summed E-state index contributed by atoms with van der Waals surface area (Å²) in [6, 6.07) is 0. The van der Waals surface area contributed by atoms with Crippen LogP contribution in [0.25, 0.3) is 0 Å². The van der Waals surface area contributed by atoms with Gasteiger partial charge in [0.1, 0.15) is 5.54 Å². The molecule has 2 amide bonds. The number of carbonyl (C=O) groups excluding carboxylic acids is 2. The van der Waals surface area contributed by atoms with Crippen molar-refractivity contribution < 1.29 is 9.59 Å². The smallest absolute Gasteiger partial charge is 0.248 e. The van der Waals surface area contributed by atoms with Crippen molar-refractivity contribution in [3.8, 4) is 0 Å². The van der Waals surface area contributed by atoms with Crippen LogP contribution in [0.15, 0.2) is 0 Å². The fraction of sp³-hybridized carbons (Fsp3) is 0.867. The molecule has 3 rings (SSSR count). The Morgan fingerprint density at radius 1 is 1.26 bits per heavy atom. The molecule has 0 aromatic carbocycles. The van der Waals surface area contributed by atoms with Crippen LogP contribution >= 0.6 is 0 Å². The lowest BCUT2D eigenvalue weighted by atomic mass is 9.95. The predicted octanol–water partition coefficient (Wildman–Crippen LogP) is 1.69. The van der Waals surface area contributed by atoms with Crippen molar-refractivity contribution in [1.29, 1.82) is 0 Å². The minimum atomic E-state index is -0.563. The standard InChI is InChI=1S/C15H24N2O2/c1-14(2)9-11(14)10-17-8-5-12(18)16-15(13(17)19)6-3-4-7-15/h11H,3-10H2,1-2H3,(H,16,18). The quantitative estimate of drug-likeness (QED) is 0.825. The highest BCUT2D eigenvalue weighted by molar-refractivity contribution is 5.93. The Bertz CT molecular complexity index is 410. The van der Waals surface area contributed by atoms with Crippen LogP contribution in [0, 0.1) is 11.3 Å². The average Bonchev–Trinajstić information content (AvgIpc) is 2.75. The lowest BCUT2D eigenvalue weighted by molar-refractivity contribution is -0.138. The number of rotatable bonds is 2. The normalized spacial score (nSPS) is 32.3. The van der Waals surface area contributed by atoms with Gasteiger partial charge < -0.3 is 10.2 Å². The fourth-order valence-electron chi connectivity index (χ4n) is 3.67. The summed E-state index contributed by atoms with van der Waals surface area (Å²) in [5.41, 5.74) is -0.181. The molecule has 1 atom stereocenters. The summed E-state index contributed by atoms with van der Waals surface area (Å²) < 4.78 is 0. The summed E-state index contributed by atoms with van der Waals surface area (Å²) in [7, 11) is 0. The molecule has 0 aromatic heterocycles. The van der Waals surface area contributed by atoms with E-state index in [-0.39, 0.29) is 11.8 Å². The van der Waals surface area contributed by atoms with Gasteiger partial charge in [-0.3, -0.25) is 9.59 Å². The minimum absolute atomic E-state index is 0.0489. The lowest BCUT2D eigenvalue weighted by Gasteiger charge is -2.32. The molecule has 1 aliphatic heterocycles. The molecule has 0 bridgehead atoms. The van der Waals surface area contributed by atoms with Gasteiger partial charge in [-0.25, -0.2) is 0 Å². The van der Waals surface area contributed by atoms with Crippen LogP contribution in [0.5, 0.6) is 0 Å². The molecule has 0 radical (unpaired) electrons. The number of carbonyl (C=O) groups is 2. The highest BCUT2D eigenvalue weighted by Gasteiger charge is 2.50. The predicted molar refractivity (Wildman–Crippen MR) is 72.4 cm³/mol. The number of nitrogens with zero attached hydrogens (tertiary/aromatic N) is 1. The zero-order valence-electron chi connectivity index (χ0n) is 12.0. The maximum atomic E-state index is 12.8. The molecule has 3 fully saturated rings. The van der Waals surface area contributed by atoms with Gasteiger partial charge in [0.25, 0.3) is 0 Å². The highest BCUT2D eigenvalue weighted by atomic mass is 16.2. The van der Waals surface area contributed by atoms with Gasteiger partial charge in [0, 0.05) is 19.5 Å². The van der Waals surface area contributed by atoms with Gasteiger partial charge in [0.05, 0.1) is 0 Å². The van der Waals surface area contributed by atoms with Gasteiger partial charge in [-0.05, 0) is 30.6 Å². The third-order valence-corrected chi connectivity index (χ3v) is 5.30. The maximum Gasteiger partial charge on any atom is 0.248 e. The Hall–Kier alpha value is -1.06. The van der Waals surface area contributed by atoms with E-state index >= 15 is 0 Å². The Morgan fingerprint density at radius 2 is 1.89 bits per heavy atom. The molecule has 3 aliphatic rings. The average molecular weight is 264 g/mol. The van der Waals surface area contributed by atoms with E-state index in [4.69, 9.17) is 0 Å². The first-order valence-corrected chi connectivity index (χ1v) is 7.53. The molecule has 19 heavy (non-hydrogen) atoms. The van der Waals surface area contributed by atoms with Gasteiger partial charge in [-0.2, -0.15) is 0 Å². The van der Waals surface area contributed by atoms with Crippen LogP contribution in [0.4, 0.5) is 0 Å². The second-order valence-electron chi connectivity index (χ2n) is 7.23. The van der Waals surface area contributed by atoms with E-state index in [1.54, 1.807) is 0 Å². The van der Waals surface area contributed by atoms with E-state index in [9.17, 15) is 9.59 Å². The largest absolute Gasteiger partial charge is 0.342 e. The Morgan fingerprint density at radius 3 is 2.47 bits per heavy atom. The molecule has 1 spiro atoms. The Kier molecular flexibility index (Phi) is 2.88. The monoisotopic (exact) mass is 264 g/mol. The molecule has 1 N–H and O–H groups in total. The van der Waals surface area contributed by atoms with Crippen LogP contribution in [-0.2, 0) is 9.59 Å². The molecule has 2 aliphatic carbocycles. The van der Waals surface area contributed by atoms with Crippen molar-refractivity contribution in [2.75, 3.05) is 13.1 Å². The number of hydrogen-bond acceptors (Lipinski definition) is 2. The summed E-state index contributed by atoms with van der Waals surface area (Å²) >= 11 is 0. The van der Waals surface area contributed by atoms with E-state index in [1.165, 1.54) is 6.42 Å². The molecular formula is C15H24N2O2. The second-order valence-corrected chi connectivity index (χ2v) is 7.23. The van der Waals surface area contributed by atoms with Gasteiger partial charge in [-0.15, -0.1) is 0 Å². The zero-order chi connectivity index (χ0) is 13.7. The van der Waals surface area contributed by atoms with Gasteiger partial charge in [0.2, 0.25) is 11.8 Å². The van der Waals surface area contributed by atoms with Crippen LogP contribution in [0.1, 0.15) is 52.4 Å². The SMILES string of the molecule is CC1(C)CC1CN1CCC(=O)NC2(CCCC2)C1=O. The van der Waals surface area contributed by atoms with Crippen molar-refractivity contribution in [2.24, 2.45) is 11.3 Å². The molecule has 4 nitrogen and oxygen atoms in total. The summed E-state index contributed by atoms with van der Waals surface area (Å²) in [4.78, 5) is 26.6. The summed E-state index contributed by atoms with van der Waals surface area (Å²) in [5, 5.41) is 3.02. The first kappa shape index (κ1) is 12.9. The third-order valence-electron chi connectivity index (χ3n) is 5.30. The number of nitrogens with one attached hydrogen (secondary N) is 1. The van der Waals surface area contributed by atoms with Crippen molar-refractivity contribution >= 4 is 11.8 Å². The molecule has 0 aromatic rings. The first-order valence-electron chi connectivity index (χ1n) is 7.53. The molecule has 1 saturated heterocycles. The molecular weight excluding hydrogens is 240 g/mol. The molecule has 1 unspecified atom stereocenters.